The maximum atomic E-state index is 11.6. The highest BCUT2D eigenvalue weighted by Crippen LogP contribution is 2.28. The van der Waals surface area contributed by atoms with E-state index >= 15 is 0 Å². The maximum absolute atomic E-state index is 11.6. The average molecular weight is 339 g/mol. The molecule has 0 unspecified atom stereocenters. The Bertz CT molecular complexity index is 680. The van der Waals surface area contributed by atoms with Crippen LogP contribution in [-0.2, 0) is 9.53 Å². The third-order valence-electron chi connectivity index (χ3n) is 3.92. The van der Waals surface area contributed by atoms with Gasteiger partial charge in [0.1, 0.15) is 5.75 Å². The molecule has 0 aliphatic rings. The summed E-state index contributed by atoms with van der Waals surface area (Å²) in [4.78, 5) is 11.6. The minimum absolute atomic E-state index is 0.0280. The Morgan fingerprint density at radius 3 is 2.40 bits per heavy atom. The predicted octanol–water partition coefficient (Wildman–Crippen LogP) is 4.60. The number of nitrogens with one attached hydrogen (secondary N) is 1. The first-order chi connectivity index (χ1) is 12.1. The summed E-state index contributed by atoms with van der Waals surface area (Å²) in [5.74, 6) is 0.594. The molecule has 0 saturated carbocycles. The van der Waals surface area contributed by atoms with Gasteiger partial charge >= 0.3 is 5.97 Å². The van der Waals surface area contributed by atoms with Gasteiger partial charge in [-0.05, 0) is 42.7 Å². The van der Waals surface area contributed by atoms with Gasteiger partial charge in [0.05, 0.1) is 19.8 Å². The van der Waals surface area contributed by atoms with Gasteiger partial charge in [0.25, 0.3) is 0 Å². The molecule has 4 heteroatoms. The van der Waals surface area contributed by atoms with Crippen molar-refractivity contribution in [2.45, 2.75) is 19.9 Å². The topological polar surface area (TPSA) is 47.6 Å². The predicted molar refractivity (Wildman–Crippen MR) is 101 cm³/mol. The molecule has 0 bridgehead atoms. The van der Waals surface area contributed by atoms with Crippen LogP contribution in [0.2, 0.25) is 0 Å². The van der Waals surface area contributed by atoms with Crippen LogP contribution in [0.5, 0.6) is 5.75 Å². The number of carbonyl (C=O) groups is 1. The summed E-state index contributed by atoms with van der Waals surface area (Å²) >= 11 is 0. The van der Waals surface area contributed by atoms with E-state index in [9.17, 15) is 4.79 Å². The van der Waals surface area contributed by atoms with Crippen LogP contribution < -0.4 is 10.1 Å². The number of benzene rings is 2. The quantitative estimate of drug-likeness (QED) is 0.564. The lowest BCUT2D eigenvalue weighted by Crippen LogP contribution is -2.18. The first kappa shape index (κ1) is 18.6. The summed E-state index contributed by atoms with van der Waals surface area (Å²) < 4.78 is 10.2. The van der Waals surface area contributed by atoms with Crippen LogP contribution in [0.1, 0.15) is 25.5 Å². The van der Waals surface area contributed by atoms with E-state index in [0.29, 0.717) is 6.61 Å². The number of ether oxygens (including phenoxy) is 2. The Morgan fingerprint density at radius 1 is 1.12 bits per heavy atom. The highest BCUT2D eigenvalue weighted by atomic mass is 16.5. The van der Waals surface area contributed by atoms with E-state index in [1.165, 1.54) is 6.08 Å². The molecule has 2 aromatic carbocycles. The van der Waals surface area contributed by atoms with Gasteiger partial charge in [-0.1, -0.05) is 43.3 Å². The summed E-state index contributed by atoms with van der Waals surface area (Å²) in [5.41, 5.74) is 2.14. The van der Waals surface area contributed by atoms with Gasteiger partial charge in [-0.3, -0.25) is 0 Å². The number of anilines is 1. The Kier molecular flexibility index (Phi) is 7.08. The van der Waals surface area contributed by atoms with Crippen LogP contribution in [0.15, 0.2) is 66.7 Å². The molecule has 2 rings (SSSR count). The van der Waals surface area contributed by atoms with E-state index < -0.39 is 0 Å². The third-order valence-corrected chi connectivity index (χ3v) is 3.92. The molecule has 0 heterocycles. The molecule has 0 aliphatic heterocycles. The minimum atomic E-state index is -0.314. The van der Waals surface area contributed by atoms with Crippen molar-refractivity contribution in [3.63, 3.8) is 0 Å². The lowest BCUT2D eigenvalue weighted by Gasteiger charge is -2.25. The van der Waals surface area contributed by atoms with E-state index in [2.05, 4.69) is 24.4 Å². The van der Waals surface area contributed by atoms with Gasteiger partial charge in [-0.15, -0.1) is 0 Å². The molecular formula is C21H25NO3. The van der Waals surface area contributed by atoms with Crippen molar-refractivity contribution in [1.29, 1.82) is 0 Å². The molecule has 25 heavy (non-hydrogen) atoms. The Morgan fingerprint density at radius 2 is 1.80 bits per heavy atom. The lowest BCUT2D eigenvalue weighted by atomic mass is 9.93. The standard InChI is InChI=1S/C21H25NO3/c1-4-25-20(23)15-10-16(2)21(17-8-6-5-7-9-17)22-18-11-13-19(24-3)14-12-18/h5-16,21-22H,4H2,1-3H3/b15-10+/t16-,21-/m0/s1. The molecule has 2 atom stereocenters. The summed E-state index contributed by atoms with van der Waals surface area (Å²) in [6.07, 6.45) is 3.38. The Balaban J connectivity index is 2.19. The number of rotatable bonds is 8. The van der Waals surface area contributed by atoms with Gasteiger partial charge in [-0.2, -0.15) is 0 Å². The molecule has 132 valence electrons. The third kappa shape index (κ3) is 5.68. The van der Waals surface area contributed by atoms with Crippen LogP contribution in [0.3, 0.4) is 0 Å². The van der Waals surface area contributed by atoms with Crippen molar-refractivity contribution in [2.75, 3.05) is 19.0 Å². The number of esters is 1. The van der Waals surface area contributed by atoms with Gasteiger partial charge in [0.15, 0.2) is 0 Å². The van der Waals surface area contributed by atoms with Crippen molar-refractivity contribution < 1.29 is 14.3 Å². The van der Waals surface area contributed by atoms with E-state index in [4.69, 9.17) is 9.47 Å². The second kappa shape index (κ2) is 9.52. The molecule has 1 N–H and O–H groups in total. The van der Waals surface area contributed by atoms with Crippen molar-refractivity contribution >= 4 is 11.7 Å². The highest BCUT2D eigenvalue weighted by molar-refractivity contribution is 5.81. The number of carbonyl (C=O) groups excluding carboxylic acids is 1. The number of methoxy groups -OCH3 is 1. The monoisotopic (exact) mass is 339 g/mol. The Labute approximate surface area is 149 Å². The second-order valence-corrected chi connectivity index (χ2v) is 5.73. The first-order valence-corrected chi connectivity index (χ1v) is 8.44. The Hall–Kier alpha value is -2.75. The summed E-state index contributed by atoms with van der Waals surface area (Å²) in [6.45, 7) is 4.25. The van der Waals surface area contributed by atoms with E-state index in [0.717, 1.165) is 17.0 Å². The smallest absolute Gasteiger partial charge is 0.330 e. The lowest BCUT2D eigenvalue weighted by molar-refractivity contribution is -0.137. The van der Waals surface area contributed by atoms with E-state index in [-0.39, 0.29) is 17.9 Å². The van der Waals surface area contributed by atoms with Gasteiger partial charge in [0.2, 0.25) is 0 Å². The van der Waals surface area contributed by atoms with Crippen LogP contribution in [0, 0.1) is 5.92 Å². The average Bonchev–Trinajstić information content (AvgIpc) is 2.65. The fourth-order valence-corrected chi connectivity index (χ4v) is 2.58. The fourth-order valence-electron chi connectivity index (χ4n) is 2.58. The number of hydrogen-bond acceptors (Lipinski definition) is 4. The summed E-state index contributed by atoms with van der Waals surface area (Å²) in [7, 11) is 1.65. The summed E-state index contributed by atoms with van der Waals surface area (Å²) in [6, 6.07) is 18.0. The molecule has 0 aromatic heterocycles. The zero-order valence-electron chi connectivity index (χ0n) is 14.9. The molecule has 0 fully saturated rings. The molecule has 0 spiro atoms. The summed E-state index contributed by atoms with van der Waals surface area (Å²) in [5, 5.41) is 3.54. The fraction of sp³-hybridized carbons (Fsp3) is 0.286. The van der Waals surface area contributed by atoms with E-state index in [1.807, 2.05) is 48.5 Å². The van der Waals surface area contributed by atoms with Crippen molar-refractivity contribution in [3.05, 3.63) is 72.3 Å². The van der Waals surface area contributed by atoms with Crippen LogP contribution in [0.25, 0.3) is 0 Å². The minimum Gasteiger partial charge on any atom is -0.497 e. The van der Waals surface area contributed by atoms with Crippen molar-refractivity contribution in [2.24, 2.45) is 5.92 Å². The second-order valence-electron chi connectivity index (χ2n) is 5.73. The maximum Gasteiger partial charge on any atom is 0.330 e. The molecule has 2 aromatic rings. The molecule has 4 nitrogen and oxygen atoms in total. The van der Waals surface area contributed by atoms with Gasteiger partial charge < -0.3 is 14.8 Å². The van der Waals surface area contributed by atoms with Crippen molar-refractivity contribution in [1.82, 2.24) is 0 Å². The van der Waals surface area contributed by atoms with E-state index in [1.54, 1.807) is 14.0 Å². The first-order valence-electron chi connectivity index (χ1n) is 8.44. The van der Waals surface area contributed by atoms with Crippen molar-refractivity contribution in [3.8, 4) is 5.75 Å². The molecule has 0 saturated heterocycles. The van der Waals surface area contributed by atoms with Crippen LogP contribution in [-0.4, -0.2) is 19.7 Å². The van der Waals surface area contributed by atoms with Gasteiger partial charge in [-0.25, -0.2) is 4.79 Å². The zero-order chi connectivity index (χ0) is 18.1. The van der Waals surface area contributed by atoms with Crippen LogP contribution in [0.4, 0.5) is 5.69 Å². The normalized spacial score (nSPS) is 13.2. The molecule has 0 amide bonds. The molecule has 0 aliphatic carbocycles. The van der Waals surface area contributed by atoms with Gasteiger partial charge in [0, 0.05) is 11.8 Å². The SMILES string of the molecule is CCOC(=O)/C=C/[C@H](C)[C@H](Nc1ccc(OC)cc1)c1ccccc1. The molecular weight excluding hydrogens is 314 g/mol. The largest absolute Gasteiger partial charge is 0.497 e. The van der Waals surface area contributed by atoms with Crippen LogP contribution >= 0.6 is 0 Å². The number of hydrogen-bond donors (Lipinski definition) is 1. The molecule has 0 radical (unpaired) electrons. The zero-order valence-corrected chi connectivity index (χ0v) is 14.9. The highest BCUT2D eigenvalue weighted by Gasteiger charge is 2.17.